The van der Waals surface area contributed by atoms with E-state index >= 15 is 0 Å². The van der Waals surface area contributed by atoms with Crippen molar-refractivity contribution in [3.8, 4) is 5.75 Å². The Morgan fingerprint density at radius 1 is 1.35 bits per heavy atom. The lowest BCUT2D eigenvalue weighted by Gasteiger charge is -2.10. The van der Waals surface area contributed by atoms with Gasteiger partial charge in [0, 0.05) is 11.4 Å². The first-order chi connectivity index (χ1) is 8.29. The molecule has 3 nitrogen and oxygen atoms in total. The van der Waals surface area contributed by atoms with Gasteiger partial charge in [0.05, 0.1) is 11.2 Å². The lowest BCUT2D eigenvalue weighted by atomic mass is 10.1. The molecule has 1 heterocycles. The second-order valence-electron chi connectivity index (χ2n) is 3.85. The van der Waals surface area contributed by atoms with E-state index in [2.05, 4.69) is 11.9 Å². The molecular formula is C13H16N2OS. The van der Waals surface area contributed by atoms with Crippen LogP contribution in [0, 0.1) is 0 Å². The zero-order valence-electron chi connectivity index (χ0n) is 9.80. The van der Waals surface area contributed by atoms with E-state index in [1.807, 2.05) is 35.2 Å². The number of aromatic nitrogens is 1. The molecule has 0 amide bonds. The van der Waals surface area contributed by atoms with Crippen molar-refractivity contribution in [3.63, 3.8) is 0 Å². The van der Waals surface area contributed by atoms with Gasteiger partial charge in [0.2, 0.25) is 0 Å². The average molecular weight is 248 g/mol. The molecule has 1 aromatic heterocycles. The largest absolute Gasteiger partial charge is 0.487 e. The maximum absolute atomic E-state index is 5.95. The third kappa shape index (κ3) is 3.28. The maximum atomic E-state index is 5.95. The summed E-state index contributed by atoms with van der Waals surface area (Å²) < 4.78 is 5.62. The van der Waals surface area contributed by atoms with Gasteiger partial charge in [0.25, 0.3) is 0 Å². The molecule has 1 unspecified atom stereocenters. The second kappa shape index (κ2) is 5.80. The Morgan fingerprint density at radius 3 is 2.71 bits per heavy atom. The smallest absolute Gasteiger partial charge is 0.131 e. The summed E-state index contributed by atoms with van der Waals surface area (Å²) in [6, 6.07) is 8.06. The molecule has 0 aliphatic rings. The molecule has 0 saturated carbocycles. The van der Waals surface area contributed by atoms with Crippen molar-refractivity contribution < 1.29 is 4.74 Å². The molecule has 17 heavy (non-hydrogen) atoms. The Labute approximate surface area is 105 Å². The van der Waals surface area contributed by atoms with Crippen molar-refractivity contribution in [2.45, 2.75) is 26.0 Å². The lowest BCUT2D eigenvalue weighted by Crippen LogP contribution is -2.08. The minimum Gasteiger partial charge on any atom is -0.487 e. The van der Waals surface area contributed by atoms with Gasteiger partial charge in [0.1, 0.15) is 12.4 Å². The lowest BCUT2D eigenvalue weighted by molar-refractivity contribution is 0.302. The van der Waals surface area contributed by atoms with E-state index in [1.54, 1.807) is 11.3 Å². The Kier molecular flexibility index (Phi) is 4.12. The Bertz CT molecular complexity index is 439. The fourth-order valence-corrected chi connectivity index (χ4v) is 2.06. The highest BCUT2D eigenvalue weighted by atomic mass is 32.1. The molecule has 2 aromatic rings. The van der Waals surface area contributed by atoms with Gasteiger partial charge in [-0.2, -0.15) is 0 Å². The molecule has 0 spiro atoms. The molecule has 1 aromatic carbocycles. The number of thiazole rings is 1. The maximum Gasteiger partial charge on any atom is 0.131 e. The molecule has 0 bridgehead atoms. The summed E-state index contributed by atoms with van der Waals surface area (Å²) >= 11 is 1.58. The molecule has 0 fully saturated rings. The number of rotatable bonds is 5. The van der Waals surface area contributed by atoms with Crippen LogP contribution in [0.3, 0.4) is 0 Å². The molecular weight excluding hydrogens is 232 g/mol. The summed E-state index contributed by atoms with van der Waals surface area (Å²) in [4.78, 5) is 4.16. The zero-order chi connectivity index (χ0) is 12.1. The number of hydrogen-bond donors (Lipinski definition) is 1. The van der Waals surface area contributed by atoms with Gasteiger partial charge in [-0.05, 0) is 24.1 Å². The SMILES string of the molecule is CCC(N)c1ccc(OCc2cscn2)cc1. The van der Waals surface area contributed by atoms with Crippen molar-refractivity contribution in [2.75, 3.05) is 0 Å². The fourth-order valence-electron chi connectivity index (χ4n) is 1.51. The van der Waals surface area contributed by atoms with Gasteiger partial charge in [0.15, 0.2) is 0 Å². The van der Waals surface area contributed by atoms with Crippen LogP contribution in [0.25, 0.3) is 0 Å². The molecule has 2 rings (SSSR count). The van der Waals surface area contributed by atoms with E-state index in [-0.39, 0.29) is 6.04 Å². The first kappa shape index (κ1) is 12.1. The number of benzene rings is 1. The van der Waals surface area contributed by atoms with E-state index in [9.17, 15) is 0 Å². The number of ether oxygens (including phenoxy) is 1. The standard InChI is InChI=1S/C13H16N2OS/c1-2-13(14)10-3-5-12(6-4-10)16-7-11-8-17-9-15-11/h3-6,8-9,13H,2,7,14H2,1H3. The topological polar surface area (TPSA) is 48.1 Å². The molecule has 90 valence electrons. The summed E-state index contributed by atoms with van der Waals surface area (Å²) in [5.74, 6) is 0.852. The van der Waals surface area contributed by atoms with Crippen LogP contribution in [0.4, 0.5) is 0 Å². The molecule has 0 saturated heterocycles. The van der Waals surface area contributed by atoms with Crippen LogP contribution in [-0.2, 0) is 6.61 Å². The molecule has 0 aliphatic carbocycles. The van der Waals surface area contributed by atoms with Crippen molar-refractivity contribution in [2.24, 2.45) is 5.73 Å². The average Bonchev–Trinajstić information content (AvgIpc) is 2.89. The van der Waals surface area contributed by atoms with Crippen LogP contribution in [0.5, 0.6) is 5.75 Å². The van der Waals surface area contributed by atoms with Crippen LogP contribution in [0.1, 0.15) is 30.6 Å². The second-order valence-corrected chi connectivity index (χ2v) is 4.57. The van der Waals surface area contributed by atoms with Crippen LogP contribution in [0.15, 0.2) is 35.2 Å². The summed E-state index contributed by atoms with van der Waals surface area (Å²) in [5.41, 5.74) is 9.86. The Hall–Kier alpha value is -1.39. The Balaban J connectivity index is 1.94. The fraction of sp³-hybridized carbons (Fsp3) is 0.308. The van der Waals surface area contributed by atoms with Gasteiger partial charge in [-0.3, -0.25) is 0 Å². The van der Waals surface area contributed by atoms with Gasteiger partial charge in [-0.25, -0.2) is 4.98 Å². The highest BCUT2D eigenvalue weighted by Crippen LogP contribution is 2.19. The molecule has 0 radical (unpaired) electrons. The van der Waals surface area contributed by atoms with Gasteiger partial charge in [-0.15, -0.1) is 11.3 Å². The molecule has 4 heteroatoms. The molecule has 0 aliphatic heterocycles. The van der Waals surface area contributed by atoms with Crippen LogP contribution < -0.4 is 10.5 Å². The normalized spacial score (nSPS) is 12.4. The molecule has 2 N–H and O–H groups in total. The minimum atomic E-state index is 0.114. The quantitative estimate of drug-likeness (QED) is 0.884. The van der Waals surface area contributed by atoms with Crippen molar-refractivity contribution in [1.82, 2.24) is 4.98 Å². The van der Waals surface area contributed by atoms with E-state index in [0.717, 1.165) is 23.4 Å². The first-order valence-corrected chi connectivity index (χ1v) is 6.59. The minimum absolute atomic E-state index is 0.114. The summed E-state index contributed by atoms with van der Waals surface area (Å²) in [6.45, 7) is 2.60. The molecule has 1 atom stereocenters. The first-order valence-electron chi connectivity index (χ1n) is 5.65. The van der Waals surface area contributed by atoms with E-state index in [4.69, 9.17) is 10.5 Å². The monoisotopic (exact) mass is 248 g/mol. The number of nitrogens with two attached hydrogens (primary N) is 1. The van der Waals surface area contributed by atoms with Crippen LogP contribution >= 0.6 is 11.3 Å². The Morgan fingerprint density at radius 2 is 2.12 bits per heavy atom. The van der Waals surface area contributed by atoms with Crippen LogP contribution in [0.2, 0.25) is 0 Å². The van der Waals surface area contributed by atoms with Crippen LogP contribution in [-0.4, -0.2) is 4.98 Å². The third-order valence-electron chi connectivity index (χ3n) is 2.62. The summed E-state index contributed by atoms with van der Waals surface area (Å²) in [7, 11) is 0. The predicted molar refractivity (Wildman–Crippen MR) is 70.1 cm³/mol. The van der Waals surface area contributed by atoms with Gasteiger partial charge in [-0.1, -0.05) is 19.1 Å². The highest BCUT2D eigenvalue weighted by molar-refractivity contribution is 7.07. The van der Waals surface area contributed by atoms with Gasteiger partial charge >= 0.3 is 0 Å². The van der Waals surface area contributed by atoms with Crippen molar-refractivity contribution in [1.29, 1.82) is 0 Å². The number of hydrogen-bond acceptors (Lipinski definition) is 4. The zero-order valence-corrected chi connectivity index (χ0v) is 10.6. The van der Waals surface area contributed by atoms with Crippen molar-refractivity contribution in [3.05, 3.63) is 46.4 Å². The number of nitrogens with zero attached hydrogens (tertiary/aromatic N) is 1. The summed E-state index contributed by atoms with van der Waals surface area (Å²) in [5, 5.41) is 1.99. The van der Waals surface area contributed by atoms with E-state index in [0.29, 0.717) is 6.61 Å². The van der Waals surface area contributed by atoms with Crippen molar-refractivity contribution >= 4 is 11.3 Å². The predicted octanol–water partition coefficient (Wildman–Crippen LogP) is 3.13. The summed E-state index contributed by atoms with van der Waals surface area (Å²) in [6.07, 6.45) is 0.943. The van der Waals surface area contributed by atoms with Gasteiger partial charge < -0.3 is 10.5 Å². The highest BCUT2D eigenvalue weighted by Gasteiger charge is 2.03. The van der Waals surface area contributed by atoms with E-state index in [1.165, 1.54) is 0 Å². The van der Waals surface area contributed by atoms with E-state index < -0.39 is 0 Å². The third-order valence-corrected chi connectivity index (χ3v) is 3.25.